The lowest BCUT2D eigenvalue weighted by Crippen LogP contribution is -2.08. The maximum Gasteiger partial charge on any atom is 0.371 e. The van der Waals surface area contributed by atoms with E-state index in [1.165, 1.54) is 11.8 Å². The van der Waals surface area contributed by atoms with Crippen molar-refractivity contribution in [3.05, 3.63) is 0 Å². The van der Waals surface area contributed by atoms with Gasteiger partial charge in [-0.15, -0.1) is 0 Å². The van der Waals surface area contributed by atoms with E-state index in [-0.39, 0.29) is 5.30 Å². The first-order valence-electron chi connectivity index (χ1n) is 1.19. The van der Waals surface area contributed by atoms with Crippen molar-refractivity contribution in [1.29, 1.82) is 0 Å². The topological polar surface area (TPSA) is 26.3 Å². The second kappa shape index (κ2) is 0.897. The number of carbonyl (C=O) groups excluding carboxylic acids is 1. The molecule has 0 aromatic rings. The molecule has 2 nitrogen and oxygen atoms in total. The quantitative estimate of drug-likeness (QED) is 0.412. The fraction of sp³-hybridized carbons (Fsp3) is 0.500. The molecule has 0 saturated carbocycles. The molecule has 0 spiro atoms. The summed E-state index contributed by atoms with van der Waals surface area (Å²) >= 11 is 1.20. The molecule has 1 aliphatic rings. The summed E-state index contributed by atoms with van der Waals surface area (Å²) in [6, 6.07) is 0. The number of carbonyl (C=O) groups is 1. The van der Waals surface area contributed by atoms with Crippen LogP contribution < -0.4 is 0 Å². The molecule has 1 heterocycles. The Balaban J connectivity index is 2.32. The van der Waals surface area contributed by atoms with Crippen LogP contribution in [0.3, 0.4) is 0 Å². The molecule has 0 aromatic carbocycles. The van der Waals surface area contributed by atoms with E-state index >= 15 is 0 Å². The molecule has 0 amide bonds. The molecule has 1 saturated heterocycles. The summed E-state index contributed by atoms with van der Waals surface area (Å²) in [5, 5.41) is -0.148. The van der Waals surface area contributed by atoms with E-state index in [0.29, 0.717) is 5.94 Å². The van der Waals surface area contributed by atoms with Gasteiger partial charge in [-0.3, -0.25) is 0 Å². The summed E-state index contributed by atoms with van der Waals surface area (Å²) < 4.78 is 4.25. The van der Waals surface area contributed by atoms with Gasteiger partial charge in [0.05, 0.1) is 0 Å². The minimum atomic E-state index is -0.148. The Morgan fingerprint density at radius 2 is 2.40 bits per heavy atom. The van der Waals surface area contributed by atoms with Crippen molar-refractivity contribution in [2.75, 3.05) is 5.94 Å². The van der Waals surface area contributed by atoms with Gasteiger partial charge in [0.25, 0.3) is 0 Å². The first-order chi connectivity index (χ1) is 2.39. The molecule has 0 N–H and O–H groups in total. The zero-order valence-electron chi connectivity index (χ0n) is 2.43. The Morgan fingerprint density at radius 1 is 2.00 bits per heavy atom. The van der Waals surface area contributed by atoms with Crippen LogP contribution in [-0.4, -0.2) is 11.2 Å². The molecule has 28 valence electrons. The molecule has 1 rings (SSSR count). The van der Waals surface area contributed by atoms with Crippen molar-refractivity contribution < 1.29 is 9.53 Å². The van der Waals surface area contributed by atoms with E-state index in [4.69, 9.17) is 0 Å². The highest BCUT2D eigenvalue weighted by molar-refractivity contribution is 8.14. The zero-order chi connectivity index (χ0) is 3.70. The predicted octanol–water partition coefficient (Wildman–Crippen LogP) is 0.827. The Bertz CT molecular complexity index is 54.7. The van der Waals surface area contributed by atoms with Gasteiger partial charge in [-0.25, -0.2) is 4.79 Å². The average molecular weight is 90.1 g/mol. The van der Waals surface area contributed by atoms with Gasteiger partial charge < -0.3 is 4.74 Å². The van der Waals surface area contributed by atoms with E-state index in [0.717, 1.165) is 0 Å². The number of thioether (sulfide) groups is 1. The fourth-order valence-corrected chi connectivity index (χ4v) is 0.321. The van der Waals surface area contributed by atoms with Crippen LogP contribution in [0, 0.1) is 0 Å². The van der Waals surface area contributed by atoms with Crippen molar-refractivity contribution in [1.82, 2.24) is 0 Å². The number of rotatable bonds is 0. The van der Waals surface area contributed by atoms with Crippen LogP contribution >= 0.6 is 11.8 Å². The molecule has 5 heavy (non-hydrogen) atoms. The number of cyclic esters (lactones) is 1. The lowest BCUT2D eigenvalue weighted by molar-refractivity contribution is 0.183. The molecule has 0 radical (unpaired) electrons. The van der Waals surface area contributed by atoms with Crippen molar-refractivity contribution >= 4 is 17.1 Å². The van der Waals surface area contributed by atoms with Crippen LogP contribution in [0.25, 0.3) is 0 Å². The highest BCUT2D eigenvalue weighted by Gasteiger charge is 2.12. The molecular weight excluding hydrogens is 88.1 g/mol. The van der Waals surface area contributed by atoms with Gasteiger partial charge in [0.2, 0.25) is 0 Å². The fourth-order valence-electron chi connectivity index (χ4n) is 0.107. The highest BCUT2D eigenvalue weighted by Crippen LogP contribution is 2.15. The molecule has 0 aromatic heterocycles. The Kier molecular flexibility index (Phi) is 0.543. The van der Waals surface area contributed by atoms with Crippen LogP contribution in [0.15, 0.2) is 0 Å². The van der Waals surface area contributed by atoms with E-state index in [1.54, 1.807) is 0 Å². The molecule has 0 unspecified atom stereocenters. The molecule has 0 atom stereocenters. The van der Waals surface area contributed by atoms with E-state index in [9.17, 15) is 4.79 Å². The summed E-state index contributed by atoms with van der Waals surface area (Å²) in [5.74, 6) is 0.554. The molecule has 3 heteroatoms. The maximum atomic E-state index is 9.64. The van der Waals surface area contributed by atoms with Crippen LogP contribution in [0.5, 0.6) is 0 Å². The first-order valence-corrected chi connectivity index (χ1v) is 2.18. The molecular formula is C2H2O2S. The number of hydrogen-bond donors (Lipinski definition) is 0. The molecule has 1 fully saturated rings. The highest BCUT2D eigenvalue weighted by atomic mass is 32.2. The maximum absolute atomic E-state index is 9.64. The van der Waals surface area contributed by atoms with Crippen LogP contribution in [0.4, 0.5) is 4.79 Å². The van der Waals surface area contributed by atoms with Gasteiger partial charge in [0.15, 0.2) is 0 Å². The second-order valence-corrected chi connectivity index (χ2v) is 1.51. The van der Waals surface area contributed by atoms with Crippen molar-refractivity contribution in [2.45, 2.75) is 0 Å². The van der Waals surface area contributed by atoms with Gasteiger partial charge in [0.1, 0.15) is 5.94 Å². The lowest BCUT2D eigenvalue weighted by Gasteiger charge is -2.07. The van der Waals surface area contributed by atoms with Gasteiger partial charge in [0, 0.05) is 0 Å². The van der Waals surface area contributed by atoms with Gasteiger partial charge >= 0.3 is 5.30 Å². The third-order valence-corrected chi connectivity index (χ3v) is 0.943. The average Bonchev–Trinajstić information content (AvgIpc) is 1.30. The molecule has 1 aliphatic heterocycles. The summed E-state index contributed by atoms with van der Waals surface area (Å²) in [5.41, 5.74) is 0. The third kappa shape index (κ3) is 0.374. The first kappa shape index (κ1) is 3.03. The van der Waals surface area contributed by atoms with E-state index in [2.05, 4.69) is 4.74 Å². The van der Waals surface area contributed by atoms with Gasteiger partial charge in [-0.1, -0.05) is 0 Å². The van der Waals surface area contributed by atoms with Crippen molar-refractivity contribution in [3.63, 3.8) is 0 Å². The third-order valence-electron chi connectivity index (χ3n) is 0.354. The summed E-state index contributed by atoms with van der Waals surface area (Å²) in [6.07, 6.45) is 0. The normalized spacial score (nSPS) is 20.4. The summed E-state index contributed by atoms with van der Waals surface area (Å²) in [6.45, 7) is 0. The zero-order valence-corrected chi connectivity index (χ0v) is 3.25. The van der Waals surface area contributed by atoms with E-state index < -0.39 is 0 Å². The molecule has 0 aliphatic carbocycles. The van der Waals surface area contributed by atoms with Gasteiger partial charge in [-0.2, -0.15) is 0 Å². The van der Waals surface area contributed by atoms with E-state index in [1.807, 2.05) is 0 Å². The number of ether oxygens (including phenoxy) is 1. The minimum absolute atomic E-state index is 0.148. The largest absolute Gasteiger partial charge is 0.446 e. The summed E-state index contributed by atoms with van der Waals surface area (Å²) in [4.78, 5) is 9.64. The molecule has 0 bridgehead atoms. The van der Waals surface area contributed by atoms with Crippen LogP contribution in [-0.2, 0) is 4.74 Å². The van der Waals surface area contributed by atoms with Crippen LogP contribution in [0.1, 0.15) is 0 Å². The summed E-state index contributed by atoms with van der Waals surface area (Å²) in [7, 11) is 0. The number of hydrogen-bond acceptors (Lipinski definition) is 3. The lowest BCUT2D eigenvalue weighted by atomic mass is 11.4. The second-order valence-electron chi connectivity index (χ2n) is 0.657. The van der Waals surface area contributed by atoms with Gasteiger partial charge in [-0.05, 0) is 11.8 Å². The van der Waals surface area contributed by atoms with Crippen molar-refractivity contribution in [3.8, 4) is 0 Å². The minimum Gasteiger partial charge on any atom is -0.446 e. The Labute approximate surface area is 33.5 Å². The smallest absolute Gasteiger partial charge is 0.371 e. The SMILES string of the molecule is O=C1OCS1. The van der Waals surface area contributed by atoms with Crippen molar-refractivity contribution in [2.24, 2.45) is 0 Å². The monoisotopic (exact) mass is 90.0 g/mol. The van der Waals surface area contributed by atoms with Crippen LogP contribution in [0.2, 0.25) is 0 Å². The standard InChI is InChI=1S/C2H2O2S/c3-2-4-1-5-2/h1H2. The Hall–Kier alpha value is -0.180. The predicted molar refractivity (Wildman–Crippen MR) is 18.9 cm³/mol. The Morgan fingerprint density at radius 3 is 2.40 bits per heavy atom.